The number of nitrogens with zero attached hydrogens (tertiary/aromatic N) is 1. The number of likely N-dealkylation sites (tertiary alicyclic amines) is 1. The van der Waals surface area contributed by atoms with E-state index in [0.29, 0.717) is 18.6 Å². The van der Waals surface area contributed by atoms with Crippen molar-refractivity contribution in [1.29, 1.82) is 0 Å². The van der Waals surface area contributed by atoms with Gasteiger partial charge in [0.25, 0.3) is 5.91 Å². The summed E-state index contributed by atoms with van der Waals surface area (Å²) in [7, 11) is 1.57. The van der Waals surface area contributed by atoms with Gasteiger partial charge in [-0.15, -0.1) is 0 Å². The summed E-state index contributed by atoms with van der Waals surface area (Å²) >= 11 is 0. The Labute approximate surface area is 175 Å². The molecule has 1 saturated heterocycles. The molecule has 8 heteroatoms. The summed E-state index contributed by atoms with van der Waals surface area (Å²) < 4.78 is 10.3. The second-order valence-electron chi connectivity index (χ2n) is 7.86. The van der Waals surface area contributed by atoms with Gasteiger partial charge in [-0.3, -0.25) is 19.3 Å². The molecule has 2 fully saturated rings. The zero-order chi connectivity index (χ0) is 21.8. The number of nitrogens with one attached hydrogen (secondary N) is 1. The monoisotopic (exact) mass is 416 g/mol. The fourth-order valence-corrected chi connectivity index (χ4v) is 4.08. The highest BCUT2D eigenvalue weighted by molar-refractivity contribution is 6.07. The largest absolute Gasteiger partial charge is 0.497 e. The maximum Gasteiger partial charge on any atom is 0.329 e. The van der Waals surface area contributed by atoms with E-state index in [9.17, 15) is 19.2 Å². The van der Waals surface area contributed by atoms with Crippen LogP contribution in [0.1, 0.15) is 45.1 Å². The van der Waals surface area contributed by atoms with Crippen LogP contribution in [0.2, 0.25) is 0 Å². The average Bonchev–Trinajstić information content (AvgIpc) is 3.02. The van der Waals surface area contributed by atoms with Crippen LogP contribution >= 0.6 is 0 Å². The number of imide groups is 1. The molecule has 8 nitrogen and oxygen atoms in total. The maximum atomic E-state index is 12.6. The number of carbonyl (C=O) groups is 4. The van der Waals surface area contributed by atoms with Crippen LogP contribution < -0.4 is 10.1 Å². The molecule has 162 valence electrons. The number of benzene rings is 1. The van der Waals surface area contributed by atoms with Gasteiger partial charge in [0.05, 0.1) is 18.9 Å². The van der Waals surface area contributed by atoms with Crippen LogP contribution in [0, 0.1) is 11.8 Å². The van der Waals surface area contributed by atoms with E-state index in [1.807, 2.05) is 12.1 Å². The Morgan fingerprint density at radius 1 is 1.07 bits per heavy atom. The summed E-state index contributed by atoms with van der Waals surface area (Å²) in [5.74, 6) is -1.76. The molecule has 1 aromatic rings. The first-order chi connectivity index (χ1) is 14.3. The third kappa shape index (κ3) is 4.47. The second kappa shape index (κ2) is 9.28. The van der Waals surface area contributed by atoms with E-state index in [-0.39, 0.29) is 30.2 Å². The quantitative estimate of drug-likeness (QED) is 0.537. The van der Waals surface area contributed by atoms with Crippen LogP contribution in [-0.4, -0.2) is 47.8 Å². The highest BCUT2D eigenvalue weighted by atomic mass is 16.5. The molecule has 1 saturated carbocycles. The molecule has 4 atom stereocenters. The zero-order valence-corrected chi connectivity index (χ0v) is 17.6. The van der Waals surface area contributed by atoms with Crippen LogP contribution in [0.4, 0.5) is 0 Å². The van der Waals surface area contributed by atoms with Crippen LogP contribution in [0.5, 0.6) is 5.75 Å². The van der Waals surface area contributed by atoms with Gasteiger partial charge in [-0.1, -0.05) is 25.0 Å². The Morgan fingerprint density at radius 3 is 2.17 bits per heavy atom. The van der Waals surface area contributed by atoms with Crippen molar-refractivity contribution in [1.82, 2.24) is 10.2 Å². The van der Waals surface area contributed by atoms with Crippen molar-refractivity contribution >= 4 is 23.7 Å². The van der Waals surface area contributed by atoms with Gasteiger partial charge >= 0.3 is 5.97 Å². The van der Waals surface area contributed by atoms with Gasteiger partial charge in [-0.05, 0) is 44.4 Å². The number of rotatable bonds is 7. The Balaban J connectivity index is 1.53. The van der Waals surface area contributed by atoms with Crippen molar-refractivity contribution in [3.8, 4) is 5.75 Å². The molecular formula is C22H28N2O6. The van der Waals surface area contributed by atoms with Crippen molar-refractivity contribution < 1.29 is 28.7 Å². The van der Waals surface area contributed by atoms with Gasteiger partial charge in [0, 0.05) is 6.54 Å². The standard InChI is InChI=1S/C22H28N2O6/c1-13(24-20(26)17-6-4-5-7-18(17)21(24)27)22(28)30-14(2)19(25)23-12-15-8-10-16(29-3)11-9-15/h8-11,13-14,17-18H,4-7,12H2,1-3H3,(H,23,25)/t13-,14-,17-,18+/m0/s1. The molecule has 1 heterocycles. The van der Waals surface area contributed by atoms with E-state index < -0.39 is 24.0 Å². The van der Waals surface area contributed by atoms with E-state index in [1.54, 1.807) is 19.2 Å². The summed E-state index contributed by atoms with van der Waals surface area (Å²) in [6.07, 6.45) is 2.14. The normalized spacial score (nSPS) is 22.8. The third-order valence-electron chi connectivity index (χ3n) is 5.89. The number of amides is 3. The van der Waals surface area contributed by atoms with Crippen LogP contribution in [0.3, 0.4) is 0 Å². The molecule has 30 heavy (non-hydrogen) atoms. The molecule has 3 rings (SSSR count). The summed E-state index contributed by atoms with van der Waals surface area (Å²) in [4.78, 5) is 51.1. The van der Waals surface area contributed by atoms with Crippen molar-refractivity contribution in [2.45, 2.75) is 58.2 Å². The molecule has 0 unspecified atom stereocenters. The maximum absolute atomic E-state index is 12.6. The minimum atomic E-state index is -1.05. The number of ether oxygens (including phenoxy) is 2. The average molecular weight is 416 g/mol. The summed E-state index contributed by atoms with van der Waals surface area (Å²) in [5, 5.41) is 2.70. The zero-order valence-electron chi connectivity index (χ0n) is 17.6. The van der Waals surface area contributed by atoms with Crippen molar-refractivity contribution in [2.75, 3.05) is 7.11 Å². The summed E-state index contributed by atoms with van der Waals surface area (Å²) in [6.45, 7) is 3.20. The molecule has 0 spiro atoms. The number of fused-ring (bicyclic) bond motifs is 1. The number of carbonyl (C=O) groups excluding carboxylic acids is 4. The molecule has 1 aromatic carbocycles. The minimum absolute atomic E-state index is 0.271. The highest BCUT2D eigenvalue weighted by Crippen LogP contribution is 2.38. The first kappa shape index (κ1) is 21.8. The number of hydrogen-bond donors (Lipinski definition) is 1. The molecule has 2 aliphatic rings. The lowest BCUT2D eigenvalue weighted by atomic mass is 9.81. The Hall–Kier alpha value is -2.90. The van der Waals surface area contributed by atoms with E-state index >= 15 is 0 Å². The molecular weight excluding hydrogens is 388 g/mol. The first-order valence-corrected chi connectivity index (χ1v) is 10.3. The molecule has 1 aliphatic carbocycles. The molecule has 1 N–H and O–H groups in total. The van der Waals surface area contributed by atoms with Crippen molar-refractivity contribution in [2.24, 2.45) is 11.8 Å². The van der Waals surface area contributed by atoms with E-state index in [1.165, 1.54) is 13.8 Å². The van der Waals surface area contributed by atoms with Gasteiger partial charge < -0.3 is 14.8 Å². The smallest absolute Gasteiger partial charge is 0.329 e. The van der Waals surface area contributed by atoms with Gasteiger partial charge in [0.15, 0.2) is 6.10 Å². The second-order valence-corrected chi connectivity index (χ2v) is 7.86. The third-order valence-corrected chi connectivity index (χ3v) is 5.89. The van der Waals surface area contributed by atoms with Gasteiger partial charge in [0.1, 0.15) is 11.8 Å². The van der Waals surface area contributed by atoms with Crippen LogP contribution in [0.25, 0.3) is 0 Å². The minimum Gasteiger partial charge on any atom is -0.497 e. The summed E-state index contributed by atoms with van der Waals surface area (Å²) in [6, 6.07) is 6.17. The summed E-state index contributed by atoms with van der Waals surface area (Å²) in [5.41, 5.74) is 0.868. The highest BCUT2D eigenvalue weighted by Gasteiger charge is 2.51. The lowest BCUT2D eigenvalue weighted by molar-refractivity contribution is -0.164. The Bertz CT molecular complexity index is 797. The molecule has 0 aromatic heterocycles. The fourth-order valence-electron chi connectivity index (χ4n) is 4.08. The predicted octanol–water partition coefficient (Wildman–Crippen LogP) is 1.81. The lowest BCUT2D eigenvalue weighted by Crippen LogP contribution is -2.46. The topological polar surface area (TPSA) is 102 Å². The molecule has 3 amide bonds. The van der Waals surface area contributed by atoms with Gasteiger partial charge in [-0.25, -0.2) is 4.79 Å². The number of methoxy groups -OCH3 is 1. The number of hydrogen-bond acceptors (Lipinski definition) is 6. The molecule has 0 radical (unpaired) electrons. The SMILES string of the molecule is COc1ccc(CNC(=O)[C@H](C)OC(=O)[C@H](C)N2C(=O)[C@H]3CCCC[C@H]3C2=O)cc1. The Kier molecular flexibility index (Phi) is 6.74. The van der Waals surface area contributed by atoms with E-state index in [2.05, 4.69) is 5.32 Å². The van der Waals surface area contributed by atoms with Gasteiger partial charge in [-0.2, -0.15) is 0 Å². The first-order valence-electron chi connectivity index (χ1n) is 10.3. The van der Waals surface area contributed by atoms with Crippen LogP contribution in [-0.2, 0) is 30.5 Å². The number of esters is 1. The van der Waals surface area contributed by atoms with Crippen molar-refractivity contribution in [3.63, 3.8) is 0 Å². The Morgan fingerprint density at radius 2 is 1.63 bits per heavy atom. The predicted molar refractivity (Wildman–Crippen MR) is 107 cm³/mol. The molecule has 1 aliphatic heterocycles. The van der Waals surface area contributed by atoms with E-state index in [0.717, 1.165) is 23.3 Å². The van der Waals surface area contributed by atoms with E-state index in [4.69, 9.17) is 9.47 Å². The van der Waals surface area contributed by atoms with Gasteiger partial charge in [0.2, 0.25) is 11.8 Å². The fraction of sp³-hybridized carbons (Fsp3) is 0.545. The van der Waals surface area contributed by atoms with Crippen LogP contribution in [0.15, 0.2) is 24.3 Å². The molecule has 0 bridgehead atoms. The van der Waals surface area contributed by atoms with Crippen molar-refractivity contribution in [3.05, 3.63) is 29.8 Å². The lowest BCUT2D eigenvalue weighted by Gasteiger charge is -2.23.